The van der Waals surface area contributed by atoms with Crippen LogP contribution in [0.4, 0.5) is 0 Å². The van der Waals surface area contributed by atoms with E-state index < -0.39 is 32.8 Å². The van der Waals surface area contributed by atoms with Gasteiger partial charge in [0.05, 0.1) is 0 Å². The Bertz CT molecular complexity index is 606. The van der Waals surface area contributed by atoms with E-state index in [1.165, 1.54) is 14.1 Å². The second-order valence-electron chi connectivity index (χ2n) is 4.22. The zero-order chi connectivity index (χ0) is 15.5. The number of hydrogen-bond donors (Lipinski definition) is 2. The van der Waals surface area contributed by atoms with Crippen molar-refractivity contribution in [1.82, 2.24) is 9.62 Å². The molecule has 0 saturated heterocycles. The van der Waals surface area contributed by atoms with Crippen molar-refractivity contribution in [3.63, 3.8) is 0 Å². The molecule has 1 unspecified atom stereocenters. The molecule has 8 nitrogen and oxygen atoms in total. The quantitative estimate of drug-likeness (QED) is 0.763. The molecule has 1 heterocycles. The van der Waals surface area contributed by atoms with E-state index in [0.29, 0.717) is 0 Å². The molecule has 9 heteroatoms. The lowest BCUT2D eigenvalue weighted by molar-refractivity contribution is -0.124. The van der Waals surface area contributed by atoms with Gasteiger partial charge in [-0.15, -0.1) is 0 Å². The summed E-state index contributed by atoms with van der Waals surface area (Å²) in [5.41, 5.74) is 0. The third-order valence-electron chi connectivity index (χ3n) is 2.68. The minimum Gasteiger partial charge on any atom is -0.475 e. The summed E-state index contributed by atoms with van der Waals surface area (Å²) in [6, 6.07) is 2.13. The lowest BCUT2D eigenvalue weighted by atomic mass is 10.2. The normalized spacial score (nSPS) is 13.2. The SMILES string of the molecule is CNC(=O)C(C)CN(C)S(=O)(=O)c1ccc(C(=O)O)o1. The van der Waals surface area contributed by atoms with Crippen LogP contribution in [0.5, 0.6) is 0 Å². The van der Waals surface area contributed by atoms with E-state index in [-0.39, 0.29) is 12.5 Å². The Kier molecular flexibility index (Phi) is 4.90. The van der Waals surface area contributed by atoms with E-state index in [1.807, 2.05) is 0 Å². The maximum atomic E-state index is 12.1. The number of aromatic carboxylic acids is 1. The second kappa shape index (κ2) is 6.06. The Morgan fingerprint density at radius 3 is 2.50 bits per heavy atom. The molecule has 0 fully saturated rings. The second-order valence-corrected chi connectivity index (χ2v) is 6.20. The molecular weight excluding hydrogens is 288 g/mol. The first kappa shape index (κ1) is 16.2. The van der Waals surface area contributed by atoms with Crippen molar-refractivity contribution >= 4 is 21.9 Å². The van der Waals surface area contributed by atoms with Crippen molar-refractivity contribution in [1.29, 1.82) is 0 Å². The first-order chi connectivity index (χ1) is 9.20. The fourth-order valence-corrected chi connectivity index (χ4v) is 2.70. The van der Waals surface area contributed by atoms with Gasteiger partial charge < -0.3 is 14.8 Å². The molecule has 0 spiro atoms. The van der Waals surface area contributed by atoms with Crippen molar-refractivity contribution in [2.75, 3.05) is 20.6 Å². The Labute approximate surface area is 116 Å². The van der Waals surface area contributed by atoms with Gasteiger partial charge in [0.1, 0.15) is 0 Å². The lowest BCUT2D eigenvalue weighted by Crippen LogP contribution is -2.37. The average molecular weight is 304 g/mol. The van der Waals surface area contributed by atoms with Crippen LogP contribution < -0.4 is 5.32 Å². The van der Waals surface area contributed by atoms with Gasteiger partial charge in [-0.2, -0.15) is 4.31 Å². The van der Waals surface area contributed by atoms with Crippen LogP contribution in [-0.2, 0) is 14.8 Å². The van der Waals surface area contributed by atoms with Crippen LogP contribution in [0.25, 0.3) is 0 Å². The van der Waals surface area contributed by atoms with Crippen LogP contribution in [0.3, 0.4) is 0 Å². The van der Waals surface area contributed by atoms with Crippen LogP contribution in [0, 0.1) is 5.92 Å². The van der Waals surface area contributed by atoms with Crippen LogP contribution >= 0.6 is 0 Å². The van der Waals surface area contributed by atoms with Crippen LogP contribution in [-0.4, -0.2) is 50.3 Å². The Hall–Kier alpha value is -1.87. The van der Waals surface area contributed by atoms with E-state index >= 15 is 0 Å². The van der Waals surface area contributed by atoms with E-state index in [9.17, 15) is 18.0 Å². The lowest BCUT2D eigenvalue weighted by Gasteiger charge is -2.19. The molecule has 0 radical (unpaired) electrons. The fraction of sp³-hybridized carbons (Fsp3) is 0.455. The van der Waals surface area contributed by atoms with Gasteiger partial charge in [0, 0.05) is 26.6 Å². The van der Waals surface area contributed by atoms with E-state index in [1.54, 1.807) is 6.92 Å². The van der Waals surface area contributed by atoms with Crippen molar-refractivity contribution in [3.05, 3.63) is 17.9 Å². The maximum absolute atomic E-state index is 12.1. The molecule has 0 aliphatic rings. The summed E-state index contributed by atoms with van der Waals surface area (Å²) >= 11 is 0. The zero-order valence-corrected chi connectivity index (χ0v) is 12.1. The van der Waals surface area contributed by atoms with Gasteiger partial charge in [0.25, 0.3) is 10.0 Å². The summed E-state index contributed by atoms with van der Waals surface area (Å²) in [7, 11) is -1.22. The number of nitrogens with zero attached hydrogens (tertiary/aromatic N) is 1. The van der Waals surface area contributed by atoms with Gasteiger partial charge in [0.2, 0.25) is 16.8 Å². The third kappa shape index (κ3) is 3.36. The highest BCUT2D eigenvalue weighted by Crippen LogP contribution is 2.18. The monoisotopic (exact) mass is 304 g/mol. The molecule has 0 saturated carbocycles. The zero-order valence-electron chi connectivity index (χ0n) is 11.3. The highest BCUT2D eigenvalue weighted by molar-refractivity contribution is 7.89. The molecule has 1 aromatic heterocycles. The number of carbonyl (C=O) groups excluding carboxylic acids is 1. The summed E-state index contributed by atoms with van der Waals surface area (Å²) in [5, 5.41) is 10.6. The first-order valence-corrected chi connectivity index (χ1v) is 7.15. The first-order valence-electron chi connectivity index (χ1n) is 5.71. The van der Waals surface area contributed by atoms with E-state index in [0.717, 1.165) is 16.4 Å². The van der Waals surface area contributed by atoms with Crippen LogP contribution in [0.15, 0.2) is 21.6 Å². The summed E-state index contributed by atoms with van der Waals surface area (Å²) in [5.74, 6) is -2.66. The predicted octanol–water partition coefficient (Wildman–Crippen LogP) is -0.0196. The maximum Gasteiger partial charge on any atom is 0.371 e. The molecule has 2 N–H and O–H groups in total. The Balaban J connectivity index is 2.92. The number of rotatable bonds is 6. The third-order valence-corrected chi connectivity index (χ3v) is 4.38. The molecule has 1 amide bonds. The molecule has 1 atom stereocenters. The van der Waals surface area contributed by atoms with Gasteiger partial charge in [-0.1, -0.05) is 6.92 Å². The summed E-state index contributed by atoms with van der Waals surface area (Å²) in [4.78, 5) is 22.0. The number of sulfonamides is 1. The smallest absolute Gasteiger partial charge is 0.371 e. The van der Waals surface area contributed by atoms with Gasteiger partial charge in [0.15, 0.2) is 0 Å². The number of hydrogen-bond acceptors (Lipinski definition) is 5. The summed E-state index contributed by atoms with van der Waals surface area (Å²) in [6.07, 6.45) is 0. The van der Waals surface area contributed by atoms with E-state index in [2.05, 4.69) is 5.32 Å². The summed E-state index contributed by atoms with van der Waals surface area (Å²) in [6.45, 7) is 1.53. The molecule has 0 aliphatic heterocycles. The minimum atomic E-state index is -3.97. The van der Waals surface area contributed by atoms with Gasteiger partial charge >= 0.3 is 5.97 Å². The number of amides is 1. The topological polar surface area (TPSA) is 117 Å². The van der Waals surface area contributed by atoms with Crippen molar-refractivity contribution in [3.8, 4) is 0 Å². The molecule has 1 rings (SSSR count). The molecule has 112 valence electrons. The minimum absolute atomic E-state index is 0.0505. The van der Waals surface area contributed by atoms with Crippen LogP contribution in [0.1, 0.15) is 17.5 Å². The average Bonchev–Trinajstić information content (AvgIpc) is 2.87. The number of carboxylic acids is 1. The number of carbonyl (C=O) groups is 2. The highest BCUT2D eigenvalue weighted by Gasteiger charge is 2.28. The molecule has 0 aliphatic carbocycles. The fourth-order valence-electron chi connectivity index (χ4n) is 1.54. The summed E-state index contributed by atoms with van der Waals surface area (Å²) < 4.78 is 30.0. The largest absolute Gasteiger partial charge is 0.475 e. The van der Waals surface area contributed by atoms with E-state index in [4.69, 9.17) is 9.52 Å². The van der Waals surface area contributed by atoms with Gasteiger partial charge in [-0.05, 0) is 12.1 Å². The molecule has 20 heavy (non-hydrogen) atoms. The molecule has 0 bridgehead atoms. The molecule has 0 aromatic carbocycles. The van der Waals surface area contributed by atoms with Gasteiger partial charge in [-0.25, -0.2) is 13.2 Å². The van der Waals surface area contributed by atoms with Crippen molar-refractivity contribution < 1.29 is 27.5 Å². The van der Waals surface area contributed by atoms with Crippen molar-refractivity contribution in [2.45, 2.75) is 12.0 Å². The number of nitrogens with one attached hydrogen (secondary N) is 1. The molecule has 1 aromatic rings. The Morgan fingerprint density at radius 1 is 1.45 bits per heavy atom. The standard InChI is InChI=1S/C11H16N2O6S/c1-7(10(14)12-2)6-13(3)20(17,18)9-5-4-8(19-9)11(15)16/h4-5,7H,6H2,1-3H3,(H,12,14)(H,15,16). The molecular formula is C11H16N2O6S. The number of furan rings is 1. The van der Waals surface area contributed by atoms with Crippen molar-refractivity contribution in [2.24, 2.45) is 5.92 Å². The highest BCUT2D eigenvalue weighted by atomic mass is 32.2. The van der Waals surface area contributed by atoms with Crippen LogP contribution in [0.2, 0.25) is 0 Å². The predicted molar refractivity (Wildman–Crippen MR) is 68.7 cm³/mol. The number of carboxylic acid groups (broad SMARTS) is 1. The Morgan fingerprint density at radius 2 is 2.05 bits per heavy atom. The van der Waals surface area contributed by atoms with Gasteiger partial charge in [-0.3, -0.25) is 4.79 Å².